The number of ether oxygens (including phenoxy) is 1. The maximum Gasteiger partial charge on any atom is 0.198 e. The van der Waals surface area contributed by atoms with Gasteiger partial charge in [-0.1, -0.05) is 25.7 Å². The fraction of sp³-hybridized carbons (Fsp3) is 0.818. The lowest BCUT2D eigenvalue weighted by Gasteiger charge is -2.58. The van der Waals surface area contributed by atoms with E-state index in [1.165, 1.54) is 57.8 Å². The first-order valence-electron chi connectivity index (χ1n) is 11.1. The van der Waals surface area contributed by atoms with Crippen LogP contribution in [0.15, 0.2) is 16.4 Å². The number of nitrogens with two attached hydrogens (primary N) is 1. The van der Waals surface area contributed by atoms with Crippen molar-refractivity contribution in [1.29, 1.82) is 5.26 Å². The molecule has 0 radical (unpaired) electrons. The minimum absolute atomic E-state index is 0.155. The van der Waals surface area contributed by atoms with E-state index in [-0.39, 0.29) is 5.41 Å². The molecule has 5 heteroatoms. The summed E-state index contributed by atoms with van der Waals surface area (Å²) in [7, 11) is 0. The quantitative estimate of drug-likeness (QED) is 0.740. The lowest BCUT2D eigenvalue weighted by atomic mass is 9.55. The molecule has 5 aliphatic rings. The molecule has 0 aromatic heterocycles. The molecule has 2 saturated carbocycles. The monoisotopic (exact) mass is 368 g/mol. The molecule has 5 unspecified atom stereocenters. The Balaban J connectivity index is 1.49. The third-order valence-corrected chi connectivity index (χ3v) is 8.23. The second-order valence-electron chi connectivity index (χ2n) is 9.56. The molecular formula is C22H32N4O. The number of rotatable bonds is 1. The number of aliphatic imine (C=N–C) groups is 1. The highest BCUT2D eigenvalue weighted by Crippen LogP contribution is 2.55. The van der Waals surface area contributed by atoms with Crippen molar-refractivity contribution in [2.24, 2.45) is 33.9 Å². The highest BCUT2D eigenvalue weighted by Gasteiger charge is 2.59. The van der Waals surface area contributed by atoms with Crippen molar-refractivity contribution >= 4 is 5.90 Å². The van der Waals surface area contributed by atoms with Gasteiger partial charge in [-0.05, 0) is 56.3 Å². The van der Waals surface area contributed by atoms with Crippen molar-refractivity contribution in [3.8, 4) is 6.07 Å². The number of allylic oxidation sites excluding steroid dienone is 1. The third-order valence-electron chi connectivity index (χ3n) is 8.23. The molecule has 4 fully saturated rings. The van der Waals surface area contributed by atoms with E-state index in [0.717, 1.165) is 24.8 Å². The fourth-order valence-corrected chi connectivity index (χ4v) is 6.82. The van der Waals surface area contributed by atoms with Crippen LogP contribution in [0.25, 0.3) is 0 Å². The van der Waals surface area contributed by atoms with Gasteiger partial charge >= 0.3 is 0 Å². The zero-order valence-electron chi connectivity index (χ0n) is 16.3. The molecule has 0 aromatic rings. The van der Waals surface area contributed by atoms with Crippen LogP contribution < -0.4 is 11.1 Å². The Morgan fingerprint density at radius 3 is 2.70 bits per heavy atom. The van der Waals surface area contributed by atoms with E-state index in [4.69, 9.17) is 10.5 Å². The van der Waals surface area contributed by atoms with Gasteiger partial charge in [0, 0.05) is 19.0 Å². The summed E-state index contributed by atoms with van der Waals surface area (Å²) < 4.78 is 6.48. The normalized spacial score (nSPS) is 42.1. The van der Waals surface area contributed by atoms with E-state index in [1.54, 1.807) is 0 Å². The van der Waals surface area contributed by atoms with E-state index in [1.807, 2.05) is 0 Å². The second-order valence-corrected chi connectivity index (χ2v) is 9.56. The first-order chi connectivity index (χ1) is 13.2. The summed E-state index contributed by atoms with van der Waals surface area (Å²) in [6, 6.07) is 2.95. The summed E-state index contributed by atoms with van der Waals surface area (Å²) in [5.74, 6) is 3.22. The van der Waals surface area contributed by atoms with E-state index in [9.17, 15) is 5.26 Å². The minimum atomic E-state index is -0.155. The van der Waals surface area contributed by atoms with Crippen LogP contribution in [0.2, 0.25) is 0 Å². The van der Waals surface area contributed by atoms with Crippen molar-refractivity contribution in [2.75, 3.05) is 6.54 Å². The largest absolute Gasteiger partial charge is 0.477 e. The van der Waals surface area contributed by atoms with Crippen LogP contribution in [-0.2, 0) is 4.74 Å². The van der Waals surface area contributed by atoms with Crippen LogP contribution in [0.4, 0.5) is 0 Å². The Kier molecular flexibility index (Phi) is 4.43. The summed E-state index contributed by atoms with van der Waals surface area (Å²) >= 11 is 0. The summed E-state index contributed by atoms with van der Waals surface area (Å²) in [4.78, 5) is 4.65. The van der Waals surface area contributed by atoms with E-state index >= 15 is 0 Å². The van der Waals surface area contributed by atoms with Gasteiger partial charge in [0.2, 0.25) is 0 Å². The van der Waals surface area contributed by atoms with Crippen LogP contribution >= 0.6 is 0 Å². The first kappa shape index (κ1) is 17.6. The van der Waals surface area contributed by atoms with Crippen LogP contribution in [0.3, 0.4) is 0 Å². The van der Waals surface area contributed by atoms with E-state index < -0.39 is 0 Å². The lowest BCUT2D eigenvalue weighted by Crippen LogP contribution is -2.64. The second kappa shape index (κ2) is 6.81. The van der Waals surface area contributed by atoms with Gasteiger partial charge in [-0.2, -0.15) is 10.3 Å². The highest BCUT2D eigenvalue weighted by atomic mass is 16.5. The number of nitriles is 1. The molecule has 5 nitrogen and oxygen atoms in total. The minimum Gasteiger partial charge on any atom is -0.477 e. The molecule has 0 bridgehead atoms. The molecule has 3 aliphatic heterocycles. The predicted octanol–water partition coefficient (Wildman–Crippen LogP) is 3.62. The molecule has 146 valence electrons. The topological polar surface area (TPSA) is 83.4 Å². The summed E-state index contributed by atoms with van der Waals surface area (Å²) in [6.07, 6.45) is 14.1. The molecule has 27 heavy (non-hydrogen) atoms. The number of nitrogens with one attached hydrogen (secondary N) is 1. The Bertz CT molecular complexity index is 702. The molecule has 3 N–H and O–H groups in total. The highest BCUT2D eigenvalue weighted by molar-refractivity contribution is 5.87. The standard InChI is InChI=1S/C22H32N4O/c23-12-15-11-22-13-25-18(14-6-2-1-3-7-14)10-17(22)16-8-4-5-9-19(16)27-21(22)26-20(15)24/h14,16-19,25H,1-11,13,24H2. The molecular weight excluding hydrogens is 336 g/mol. The average Bonchev–Trinajstić information content (AvgIpc) is 2.72. The molecule has 2 aliphatic carbocycles. The summed E-state index contributed by atoms with van der Waals surface area (Å²) in [5, 5.41) is 13.5. The molecule has 3 heterocycles. The Morgan fingerprint density at radius 2 is 1.89 bits per heavy atom. The van der Waals surface area contributed by atoms with Crippen molar-refractivity contribution < 1.29 is 4.74 Å². The third kappa shape index (κ3) is 2.79. The Labute approximate surface area is 162 Å². The molecule has 0 amide bonds. The molecule has 1 spiro atoms. The summed E-state index contributed by atoms with van der Waals surface area (Å²) in [5.41, 5.74) is 6.59. The van der Waals surface area contributed by atoms with Gasteiger partial charge in [0.15, 0.2) is 5.90 Å². The Morgan fingerprint density at radius 1 is 1.11 bits per heavy atom. The maximum atomic E-state index is 9.61. The predicted molar refractivity (Wildman–Crippen MR) is 105 cm³/mol. The smallest absolute Gasteiger partial charge is 0.198 e. The lowest BCUT2D eigenvalue weighted by molar-refractivity contribution is -0.0688. The van der Waals surface area contributed by atoms with Gasteiger partial charge in [-0.25, -0.2) is 0 Å². The number of hydrogen-bond acceptors (Lipinski definition) is 5. The first-order valence-corrected chi connectivity index (χ1v) is 11.1. The van der Waals surface area contributed by atoms with Crippen LogP contribution in [0.5, 0.6) is 0 Å². The van der Waals surface area contributed by atoms with Gasteiger partial charge in [0.25, 0.3) is 0 Å². The Hall–Kier alpha value is -1.54. The van der Waals surface area contributed by atoms with Crippen molar-refractivity contribution in [3.63, 3.8) is 0 Å². The number of piperidine rings is 1. The maximum absolute atomic E-state index is 9.61. The van der Waals surface area contributed by atoms with Gasteiger partial charge in [-0.15, -0.1) is 0 Å². The van der Waals surface area contributed by atoms with Crippen LogP contribution in [-0.4, -0.2) is 24.6 Å². The average molecular weight is 369 g/mol. The van der Waals surface area contributed by atoms with Crippen molar-refractivity contribution in [3.05, 3.63) is 11.4 Å². The zero-order chi connectivity index (χ0) is 18.4. The number of hydrogen-bond donors (Lipinski definition) is 2. The van der Waals surface area contributed by atoms with Crippen LogP contribution in [0, 0.1) is 34.5 Å². The van der Waals surface area contributed by atoms with Gasteiger partial charge in [-0.3, -0.25) is 0 Å². The van der Waals surface area contributed by atoms with Crippen molar-refractivity contribution in [1.82, 2.24) is 5.32 Å². The zero-order valence-corrected chi connectivity index (χ0v) is 16.3. The van der Waals surface area contributed by atoms with Gasteiger partial charge < -0.3 is 15.8 Å². The SMILES string of the molecule is N#CC1=C(N)N=C2OC3CCCCC3C3CC(C4CCCCC4)NCC23C1. The fourth-order valence-electron chi connectivity index (χ4n) is 6.82. The molecule has 0 aromatic carbocycles. The summed E-state index contributed by atoms with van der Waals surface area (Å²) in [6.45, 7) is 0.888. The van der Waals surface area contributed by atoms with Gasteiger partial charge in [0.1, 0.15) is 11.9 Å². The van der Waals surface area contributed by atoms with E-state index in [2.05, 4.69) is 16.4 Å². The van der Waals surface area contributed by atoms with Gasteiger partial charge in [0.05, 0.1) is 17.1 Å². The van der Waals surface area contributed by atoms with E-state index in [0.29, 0.717) is 41.8 Å². The molecule has 5 atom stereocenters. The number of nitrogens with zero attached hydrogens (tertiary/aromatic N) is 2. The number of fused-ring (bicyclic) bond motifs is 2. The molecule has 5 rings (SSSR count). The van der Waals surface area contributed by atoms with Crippen LogP contribution in [0.1, 0.15) is 70.6 Å². The van der Waals surface area contributed by atoms with Crippen molar-refractivity contribution in [2.45, 2.75) is 82.8 Å². The molecule has 2 saturated heterocycles.